The molecule has 4 rings (SSSR count). The number of aromatic nitrogens is 4. The van der Waals surface area contributed by atoms with E-state index in [4.69, 9.17) is 5.73 Å². The summed E-state index contributed by atoms with van der Waals surface area (Å²) in [6.45, 7) is 0.287. The van der Waals surface area contributed by atoms with Crippen molar-refractivity contribution < 1.29 is 13.6 Å². The molecule has 0 bridgehead atoms. The Morgan fingerprint density at radius 2 is 2.07 bits per heavy atom. The molecule has 4 N–H and O–H groups in total. The van der Waals surface area contributed by atoms with Crippen molar-refractivity contribution in [3.63, 3.8) is 0 Å². The number of H-pyrrole nitrogens is 1. The molecule has 2 aromatic carbocycles. The van der Waals surface area contributed by atoms with Gasteiger partial charge in [0.2, 0.25) is 5.95 Å². The number of hydrogen-bond acceptors (Lipinski definition) is 5. The Balaban J connectivity index is 1.45. The molecule has 0 saturated heterocycles. The zero-order valence-electron chi connectivity index (χ0n) is 15.1. The van der Waals surface area contributed by atoms with Gasteiger partial charge in [-0.3, -0.25) is 4.79 Å². The topological polar surface area (TPSA) is 110 Å². The number of amides is 1. The van der Waals surface area contributed by atoms with E-state index in [-0.39, 0.29) is 18.4 Å². The lowest BCUT2D eigenvalue weighted by Crippen LogP contribution is -2.25. The van der Waals surface area contributed by atoms with Gasteiger partial charge in [-0.05, 0) is 30.2 Å². The van der Waals surface area contributed by atoms with Crippen molar-refractivity contribution in [2.75, 3.05) is 12.3 Å². The second kappa shape index (κ2) is 7.63. The highest BCUT2D eigenvalue weighted by Crippen LogP contribution is 2.23. The van der Waals surface area contributed by atoms with Crippen molar-refractivity contribution in [1.29, 1.82) is 0 Å². The average Bonchev–Trinajstić information content (AvgIpc) is 3.11. The molecule has 0 aliphatic rings. The van der Waals surface area contributed by atoms with Crippen LogP contribution < -0.4 is 11.1 Å². The molecule has 0 aliphatic carbocycles. The number of rotatable bonds is 5. The lowest BCUT2D eigenvalue weighted by atomic mass is 10.1. The largest absolute Gasteiger partial charge is 0.366 e. The van der Waals surface area contributed by atoms with E-state index >= 15 is 0 Å². The van der Waals surface area contributed by atoms with E-state index in [1.807, 2.05) is 0 Å². The molecular formula is C20H16F2N6O. The normalized spacial score (nSPS) is 11.0. The fraction of sp³-hybridized carbons (Fsp3) is 0.100. The molecule has 29 heavy (non-hydrogen) atoms. The zero-order valence-corrected chi connectivity index (χ0v) is 15.1. The Morgan fingerprint density at radius 1 is 1.21 bits per heavy atom. The summed E-state index contributed by atoms with van der Waals surface area (Å²) in [6.07, 6.45) is 3.47. The van der Waals surface area contributed by atoms with Crippen LogP contribution in [-0.2, 0) is 6.42 Å². The molecule has 0 atom stereocenters. The second-order valence-corrected chi connectivity index (χ2v) is 6.41. The van der Waals surface area contributed by atoms with Crippen molar-refractivity contribution in [2.45, 2.75) is 6.42 Å². The van der Waals surface area contributed by atoms with Crippen molar-refractivity contribution in [2.24, 2.45) is 0 Å². The highest BCUT2D eigenvalue weighted by molar-refractivity contribution is 5.95. The van der Waals surface area contributed by atoms with Crippen molar-refractivity contribution in [3.8, 4) is 11.3 Å². The summed E-state index contributed by atoms with van der Waals surface area (Å²) in [6, 6.07) is 8.94. The van der Waals surface area contributed by atoms with E-state index in [2.05, 4.69) is 25.5 Å². The van der Waals surface area contributed by atoms with Crippen LogP contribution in [-0.4, -0.2) is 32.6 Å². The SMILES string of the molecule is Nc1nncc(-c2cccc(C(=O)NCCc3c[nH]c4cc(F)cc(F)c34)c2)n1. The molecule has 0 aliphatic heterocycles. The van der Waals surface area contributed by atoms with Crippen LogP contribution in [0.15, 0.2) is 48.8 Å². The van der Waals surface area contributed by atoms with Gasteiger partial charge in [0.05, 0.1) is 17.4 Å². The first-order chi connectivity index (χ1) is 14.0. The number of nitrogen functional groups attached to an aromatic ring is 1. The fourth-order valence-electron chi connectivity index (χ4n) is 3.14. The Morgan fingerprint density at radius 3 is 2.90 bits per heavy atom. The molecule has 0 spiro atoms. The van der Waals surface area contributed by atoms with E-state index in [1.54, 1.807) is 30.5 Å². The number of benzene rings is 2. The van der Waals surface area contributed by atoms with Gasteiger partial charge in [-0.2, -0.15) is 5.10 Å². The molecule has 0 radical (unpaired) electrons. The van der Waals surface area contributed by atoms with Crippen LogP contribution in [0.1, 0.15) is 15.9 Å². The molecule has 146 valence electrons. The summed E-state index contributed by atoms with van der Waals surface area (Å²) < 4.78 is 27.3. The van der Waals surface area contributed by atoms with Gasteiger partial charge in [0.1, 0.15) is 11.6 Å². The lowest BCUT2D eigenvalue weighted by molar-refractivity contribution is 0.0954. The molecule has 2 heterocycles. The molecule has 1 amide bonds. The van der Waals surface area contributed by atoms with E-state index < -0.39 is 11.6 Å². The summed E-state index contributed by atoms with van der Waals surface area (Å²) in [5.74, 6) is -1.51. The van der Waals surface area contributed by atoms with Gasteiger partial charge >= 0.3 is 0 Å². The van der Waals surface area contributed by atoms with E-state index in [9.17, 15) is 13.6 Å². The second-order valence-electron chi connectivity index (χ2n) is 6.41. The van der Waals surface area contributed by atoms with Crippen molar-refractivity contribution in [1.82, 2.24) is 25.5 Å². The Kier molecular flexibility index (Phi) is 4.86. The van der Waals surface area contributed by atoms with Gasteiger partial charge in [-0.1, -0.05) is 12.1 Å². The number of nitrogens with two attached hydrogens (primary N) is 1. The van der Waals surface area contributed by atoms with Gasteiger partial charge in [0.15, 0.2) is 0 Å². The third-order valence-corrected chi connectivity index (χ3v) is 4.45. The molecular weight excluding hydrogens is 378 g/mol. The average molecular weight is 394 g/mol. The Labute approximate surface area is 164 Å². The number of carbonyl (C=O) groups is 1. The molecule has 4 aromatic rings. The van der Waals surface area contributed by atoms with Crippen LogP contribution in [0.25, 0.3) is 22.2 Å². The van der Waals surface area contributed by atoms with Gasteiger partial charge < -0.3 is 16.0 Å². The first kappa shape index (κ1) is 18.5. The molecule has 0 saturated carbocycles. The first-order valence-corrected chi connectivity index (χ1v) is 8.80. The number of nitrogens with one attached hydrogen (secondary N) is 2. The number of halogens is 2. The predicted molar refractivity (Wildman–Crippen MR) is 104 cm³/mol. The third kappa shape index (κ3) is 3.88. The molecule has 2 aromatic heterocycles. The van der Waals surface area contributed by atoms with Crippen LogP contribution in [0.5, 0.6) is 0 Å². The maximum absolute atomic E-state index is 14.1. The minimum Gasteiger partial charge on any atom is -0.366 e. The number of hydrogen-bond donors (Lipinski definition) is 3. The van der Waals surface area contributed by atoms with E-state index in [0.29, 0.717) is 39.7 Å². The fourth-order valence-corrected chi connectivity index (χ4v) is 3.14. The first-order valence-electron chi connectivity index (χ1n) is 8.80. The van der Waals surface area contributed by atoms with E-state index in [1.165, 1.54) is 12.3 Å². The summed E-state index contributed by atoms with van der Waals surface area (Å²) in [4.78, 5) is 19.4. The van der Waals surface area contributed by atoms with Gasteiger partial charge in [-0.25, -0.2) is 13.8 Å². The maximum atomic E-state index is 14.1. The van der Waals surface area contributed by atoms with Crippen LogP contribution in [0.3, 0.4) is 0 Å². The molecule has 0 fully saturated rings. The van der Waals surface area contributed by atoms with Crippen LogP contribution in [0.4, 0.5) is 14.7 Å². The minimum absolute atomic E-state index is 0.0446. The van der Waals surface area contributed by atoms with Crippen LogP contribution >= 0.6 is 0 Å². The molecule has 9 heteroatoms. The van der Waals surface area contributed by atoms with Crippen molar-refractivity contribution >= 4 is 22.8 Å². The standard InChI is InChI=1S/C20H16F2N6O/c21-14-7-15(22)18-13(9-25-16(18)8-14)4-5-24-19(29)12-3-1-2-11(6-12)17-10-26-28-20(23)27-17/h1-3,6-10,25H,4-5H2,(H,24,29)(H2,23,27,28). The number of aromatic amines is 1. The van der Waals surface area contributed by atoms with Gasteiger partial charge in [-0.15, -0.1) is 5.10 Å². The zero-order chi connectivity index (χ0) is 20.4. The Hall–Kier alpha value is -3.88. The number of nitrogens with zero attached hydrogens (tertiary/aromatic N) is 3. The summed E-state index contributed by atoms with van der Waals surface area (Å²) in [5.41, 5.74) is 8.22. The summed E-state index contributed by atoms with van der Waals surface area (Å²) in [7, 11) is 0. The van der Waals surface area contributed by atoms with Crippen molar-refractivity contribution in [3.05, 3.63) is 71.6 Å². The lowest BCUT2D eigenvalue weighted by Gasteiger charge is -2.07. The highest BCUT2D eigenvalue weighted by atomic mass is 19.1. The molecule has 7 nitrogen and oxygen atoms in total. The minimum atomic E-state index is -0.641. The number of anilines is 1. The summed E-state index contributed by atoms with van der Waals surface area (Å²) in [5, 5.41) is 10.5. The third-order valence-electron chi connectivity index (χ3n) is 4.45. The highest BCUT2D eigenvalue weighted by Gasteiger charge is 2.12. The van der Waals surface area contributed by atoms with Crippen LogP contribution in [0.2, 0.25) is 0 Å². The quantitative estimate of drug-likeness (QED) is 0.482. The number of carbonyl (C=O) groups excluding carboxylic acids is 1. The maximum Gasteiger partial charge on any atom is 0.251 e. The predicted octanol–water partition coefficient (Wildman–Crippen LogP) is 2.85. The van der Waals surface area contributed by atoms with Gasteiger partial charge in [0.25, 0.3) is 5.91 Å². The van der Waals surface area contributed by atoms with Crippen LogP contribution in [0, 0.1) is 11.6 Å². The van der Waals surface area contributed by atoms with Gasteiger partial charge in [0, 0.05) is 35.3 Å². The number of fused-ring (bicyclic) bond motifs is 1. The van der Waals surface area contributed by atoms with E-state index in [0.717, 1.165) is 6.07 Å². The monoisotopic (exact) mass is 394 g/mol. The smallest absolute Gasteiger partial charge is 0.251 e. The molecule has 0 unspecified atom stereocenters. The Bertz CT molecular complexity index is 1210. The summed E-state index contributed by atoms with van der Waals surface area (Å²) >= 11 is 0.